The van der Waals surface area contributed by atoms with E-state index in [9.17, 15) is 39.5 Å². The van der Waals surface area contributed by atoms with Crippen molar-refractivity contribution in [1.29, 1.82) is 0 Å². The monoisotopic (exact) mass is 550 g/mol. The third kappa shape index (κ3) is 5.72. The molecule has 0 heterocycles. The minimum atomic E-state index is -4.64. The Balaban J connectivity index is 1.62. The van der Waals surface area contributed by atoms with E-state index in [1.54, 1.807) is 19.9 Å². The molecule has 0 aliphatic rings. The summed E-state index contributed by atoms with van der Waals surface area (Å²) in [6.45, 7) is 3.24. The van der Waals surface area contributed by atoms with Gasteiger partial charge >= 0.3 is 6.11 Å². The van der Waals surface area contributed by atoms with E-state index in [0.717, 1.165) is 12.1 Å². The first-order valence-electron chi connectivity index (χ1n) is 11.1. The van der Waals surface area contributed by atoms with Crippen LogP contribution < -0.4 is 4.74 Å². The van der Waals surface area contributed by atoms with Gasteiger partial charge in [-0.05, 0) is 73.0 Å². The Labute approximate surface area is 216 Å². The molecule has 10 heteroatoms. The molecule has 0 aliphatic heterocycles. The summed E-state index contributed by atoms with van der Waals surface area (Å²) < 4.78 is 132. The van der Waals surface area contributed by atoms with Crippen molar-refractivity contribution < 1.29 is 44.3 Å². The van der Waals surface area contributed by atoms with E-state index in [0.29, 0.717) is 41.5 Å². The Morgan fingerprint density at radius 2 is 1.26 bits per heavy atom. The summed E-state index contributed by atoms with van der Waals surface area (Å²) in [5.41, 5.74) is -2.01. The highest BCUT2D eigenvalue weighted by atomic mass is 19.3. The van der Waals surface area contributed by atoms with Crippen molar-refractivity contribution in [3.8, 4) is 28.7 Å². The van der Waals surface area contributed by atoms with Gasteiger partial charge in [0.05, 0.1) is 5.56 Å². The smallest absolute Gasteiger partial charge is 0.429 e. The third-order valence-electron chi connectivity index (χ3n) is 5.58. The molecule has 0 N–H and O–H groups in total. The molecule has 4 aromatic carbocycles. The molecule has 0 aliphatic carbocycles. The standard InChI is InChI=1S/C29H15F9O/c1-14-7-15(2)19(21(30)8-14)5-3-16-9-23(32)27(24(33)10-16)29(37,38)39-18-4-6-20(22(31)13-18)17-11-25(34)28(36)26(35)12-17/h4,6-13H,1-2H3. The highest BCUT2D eigenvalue weighted by Crippen LogP contribution is 2.37. The molecule has 0 aromatic heterocycles. The van der Waals surface area contributed by atoms with Crippen LogP contribution in [0.25, 0.3) is 11.1 Å². The molecule has 0 amide bonds. The van der Waals surface area contributed by atoms with Gasteiger partial charge in [-0.15, -0.1) is 0 Å². The summed E-state index contributed by atoms with van der Waals surface area (Å²) in [5.74, 6) is -6.53. The van der Waals surface area contributed by atoms with Crippen LogP contribution in [0, 0.1) is 66.4 Å². The largest absolute Gasteiger partial charge is 0.432 e. The van der Waals surface area contributed by atoms with Crippen LogP contribution in [0.3, 0.4) is 0 Å². The summed E-state index contributed by atoms with van der Waals surface area (Å²) in [6.07, 6.45) is -4.64. The number of hydrogen-bond donors (Lipinski definition) is 0. The quantitative estimate of drug-likeness (QED) is 0.141. The van der Waals surface area contributed by atoms with Crippen molar-refractivity contribution in [1.82, 2.24) is 0 Å². The number of alkyl halides is 2. The molecule has 1 nitrogen and oxygen atoms in total. The maximum Gasteiger partial charge on any atom is 0.432 e. The van der Waals surface area contributed by atoms with Crippen LogP contribution in [0.4, 0.5) is 39.5 Å². The molecule has 0 bridgehead atoms. The van der Waals surface area contributed by atoms with Crippen molar-refractivity contribution in [3.05, 3.63) is 123 Å². The molecule has 0 fully saturated rings. The third-order valence-corrected chi connectivity index (χ3v) is 5.58. The highest BCUT2D eigenvalue weighted by molar-refractivity contribution is 5.65. The van der Waals surface area contributed by atoms with Crippen molar-refractivity contribution >= 4 is 0 Å². The van der Waals surface area contributed by atoms with Crippen molar-refractivity contribution in [2.45, 2.75) is 20.0 Å². The van der Waals surface area contributed by atoms with E-state index in [-0.39, 0.29) is 11.1 Å². The Morgan fingerprint density at radius 3 is 1.82 bits per heavy atom. The average Bonchev–Trinajstić information content (AvgIpc) is 2.80. The van der Waals surface area contributed by atoms with Crippen LogP contribution in [-0.2, 0) is 6.11 Å². The van der Waals surface area contributed by atoms with Gasteiger partial charge in [0, 0.05) is 17.2 Å². The number of aryl methyl sites for hydroxylation is 2. The van der Waals surface area contributed by atoms with E-state index >= 15 is 0 Å². The van der Waals surface area contributed by atoms with Gasteiger partial charge in [0.15, 0.2) is 17.5 Å². The number of halogens is 9. The normalized spacial score (nSPS) is 11.3. The predicted molar refractivity (Wildman–Crippen MR) is 124 cm³/mol. The van der Waals surface area contributed by atoms with E-state index < -0.39 is 69.3 Å². The predicted octanol–water partition coefficient (Wildman–Crippen LogP) is 8.47. The van der Waals surface area contributed by atoms with Gasteiger partial charge in [-0.1, -0.05) is 17.9 Å². The highest BCUT2D eigenvalue weighted by Gasteiger charge is 2.41. The first kappa shape index (κ1) is 27.6. The van der Waals surface area contributed by atoms with Gasteiger partial charge in [-0.2, -0.15) is 8.78 Å². The molecule has 4 rings (SSSR count). The maximum atomic E-state index is 14.7. The van der Waals surface area contributed by atoms with Gasteiger partial charge in [0.2, 0.25) is 0 Å². The Hall–Kier alpha value is -4.39. The summed E-state index contributed by atoms with van der Waals surface area (Å²) in [5, 5.41) is 0. The minimum Gasteiger partial charge on any atom is -0.429 e. The maximum absolute atomic E-state index is 14.7. The number of ether oxygens (including phenoxy) is 1. The molecule has 0 unspecified atom stereocenters. The average molecular weight is 550 g/mol. The fraction of sp³-hybridized carbons (Fsp3) is 0.103. The lowest BCUT2D eigenvalue weighted by atomic mass is 10.0. The number of rotatable bonds is 4. The van der Waals surface area contributed by atoms with E-state index in [1.807, 2.05) is 0 Å². The summed E-state index contributed by atoms with van der Waals surface area (Å²) in [7, 11) is 0. The number of hydrogen-bond acceptors (Lipinski definition) is 1. The lowest BCUT2D eigenvalue weighted by Gasteiger charge is -2.20. The van der Waals surface area contributed by atoms with Crippen molar-refractivity contribution in [2.75, 3.05) is 0 Å². The zero-order chi connectivity index (χ0) is 28.6. The summed E-state index contributed by atoms with van der Waals surface area (Å²) >= 11 is 0. The molecule has 200 valence electrons. The molecule has 0 radical (unpaired) electrons. The van der Waals surface area contributed by atoms with E-state index in [1.165, 1.54) is 6.07 Å². The molecule has 0 atom stereocenters. The lowest BCUT2D eigenvalue weighted by molar-refractivity contribution is -0.189. The lowest BCUT2D eigenvalue weighted by Crippen LogP contribution is -2.25. The Bertz CT molecular complexity index is 1600. The summed E-state index contributed by atoms with van der Waals surface area (Å²) in [6, 6.07) is 6.83. The van der Waals surface area contributed by atoms with Crippen molar-refractivity contribution in [2.24, 2.45) is 0 Å². The second kappa shape index (κ2) is 10.4. The molecule has 0 saturated carbocycles. The molecule has 39 heavy (non-hydrogen) atoms. The number of benzene rings is 4. The topological polar surface area (TPSA) is 9.23 Å². The fourth-order valence-electron chi connectivity index (χ4n) is 3.84. The second-order valence-electron chi connectivity index (χ2n) is 8.52. The first-order valence-corrected chi connectivity index (χ1v) is 11.1. The van der Waals surface area contributed by atoms with Crippen LogP contribution in [0.2, 0.25) is 0 Å². The zero-order valence-electron chi connectivity index (χ0n) is 20.0. The van der Waals surface area contributed by atoms with Gasteiger partial charge in [-0.25, -0.2) is 30.7 Å². The van der Waals surface area contributed by atoms with Gasteiger partial charge in [0.25, 0.3) is 0 Å². The Kier molecular flexibility index (Phi) is 7.37. The fourth-order valence-corrected chi connectivity index (χ4v) is 3.84. The van der Waals surface area contributed by atoms with Crippen LogP contribution in [0.5, 0.6) is 5.75 Å². The van der Waals surface area contributed by atoms with Crippen LogP contribution in [0.15, 0.2) is 54.6 Å². The first-order chi connectivity index (χ1) is 18.3. The van der Waals surface area contributed by atoms with E-state index in [4.69, 9.17) is 0 Å². The van der Waals surface area contributed by atoms with Crippen molar-refractivity contribution in [3.63, 3.8) is 0 Å². The van der Waals surface area contributed by atoms with Gasteiger partial charge in [0.1, 0.15) is 34.6 Å². The minimum absolute atomic E-state index is 0.0317. The zero-order valence-corrected chi connectivity index (χ0v) is 20.0. The molecular weight excluding hydrogens is 535 g/mol. The molecule has 4 aromatic rings. The second-order valence-corrected chi connectivity index (χ2v) is 8.52. The van der Waals surface area contributed by atoms with Crippen LogP contribution >= 0.6 is 0 Å². The molecular formula is C29H15F9O. The summed E-state index contributed by atoms with van der Waals surface area (Å²) in [4.78, 5) is 0. The van der Waals surface area contributed by atoms with Crippen LogP contribution in [-0.4, -0.2) is 0 Å². The van der Waals surface area contributed by atoms with Crippen LogP contribution in [0.1, 0.15) is 27.8 Å². The Morgan fingerprint density at radius 1 is 0.641 bits per heavy atom. The van der Waals surface area contributed by atoms with Gasteiger partial charge in [-0.3, -0.25) is 0 Å². The van der Waals surface area contributed by atoms with E-state index in [2.05, 4.69) is 16.6 Å². The molecule has 0 spiro atoms. The molecule has 0 saturated heterocycles. The SMILES string of the molecule is Cc1cc(C)c(C#Cc2cc(F)c(C(F)(F)Oc3ccc(-c4cc(F)c(F)c(F)c4)c(F)c3)c(F)c2)c(F)c1. The van der Waals surface area contributed by atoms with Gasteiger partial charge < -0.3 is 4.74 Å².